The van der Waals surface area contributed by atoms with Gasteiger partial charge in [-0.1, -0.05) is 0 Å². The Bertz CT molecular complexity index is 142. The van der Waals surface area contributed by atoms with Gasteiger partial charge in [0.2, 0.25) is 0 Å². The molecule has 78 valence electrons. The van der Waals surface area contributed by atoms with Crippen LogP contribution in [0.15, 0.2) is 0 Å². The van der Waals surface area contributed by atoms with Crippen LogP contribution in [0.25, 0.3) is 0 Å². The summed E-state index contributed by atoms with van der Waals surface area (Å²) in [6, 6.07) is 0. The molecule has 13 heavy (non-hydrogen) atoms. The van der Waals surface area contributed by atoms with E-state index in [1.54, 1.807) is 0 Å². The summed E-state index contributed by atoms with van der Waals surface area (Å²) >= 11 is 7.65. The monoisotopic (exact) mass is 242 g/mol. The molecule has 1 aliphatic heterocycles. The van der Waals surface area contributed by atoms with Crippen molar-refractivity contribution in [1.82, 2.24) is 0 Å². The minimum atomic E-state index is -2.49. The molecule has 0 atom stereocenters. The van der Waals surface area contributed by atoms with Gasteiger partial charge >= 0.3 is 8.80 Å². The lowest BCUT2D eigenvalue weighted by atomic mass is 10.9. The Balaban J connectivity index is 2.47. The third kappa shape index (κ3) is 3.77. The van der Waals surface area contributed by atoms with Crippen LogP contribution in [0.5, 0.6) is 0 Å². The molecule has 0 amide bonds. The summed E-state index contributed by atoms with van der Waals surface area (Å²) in [6.07, 6.45) is 0. The van der Waals surface area contributed by atoms with E-state index in [0.29, 0.717) is 25.3 Å². The predicted molar refractivity (Wildman–Crippen MR) is 57.3 cm³/mol. The summed E-state index contributed by atoms with van der Waals surface area (Å²) in [5.74, 6) is 2.00. The standard InChI is InChI=1S/C7H15ClO3SSi/c1-2-9-13(7-8)10-3-5-12-6-4-11-13/h2-7H2,1H3. The van der Waals surface area contributed by atoms with Crippen LogP contribution in [0.4, 0.5) is 0 Å². The molecule has 0 aliphatic carbocycles. The lowest BCUT2D eigenvalue weighted by molar-refractivity contribution is 0.0766. The molecular formula is C7H15ClO3SSi. The number of thioether (sulfide) groups is 1. The molecule has 0 radical (unpaired) electrons. The van der Waals surface area contributed by atoms with Gasteiger partial charge in [-0.15, -0.1) is 11.6 Å². The van der Waals surface area contributed by atoms with Crippen LogP contribution in [0.2, 0.25) is 0 Å². The van der Waals surface area contributed by atoms with E-state index in [1.807, 2.05) is 18.7 Å². The van der Waals surface area contributed by atoms with Gasteiger partial charge in [-0.25, -0.2) is 0 Å². The summed E-state index contributed by atoms with van der Waals surface area (Å²) in [6.45, 7) is 3.90. The van der Waals surface area contributed by atoms with Gasteiger partial charge in [0.1, 0.15) is 0 Å². The Morgan fingerprint density at radius 2 is 2.00 bits per heavy atom. The minimum Gasteiger partial charge on any atom is -0.373 e. The van der Waals surface area contributed by atoms with E-state index in [9.17, 15) is 0 Å². The normalized spacial score (nSPS) is 23.5. The molecule has 1 saturated heterocycles. The summed E-state index contributed by atoms with van der Waals surface area (Å²) < 4.78 is 16.7. The van der Waals surface area contributed by atoms with Crippen molar-refractivity contribution in [3.05, 3.63) is 0 Å². The fourth-order valence-electron chi connectivity index (χ4n) is 1.07. The fraction of sp³-hybridized carbons (Fsp3) is 1.00. The molecule has 1 fully saturated rings. The van der Waals surface area contributed by atoms with E-state index in [2.05, 4.69) is 0 Å². The maximum absolute atomic E-state index is 5.82. The van der Waals surface area contributed by atoms with Crippen LogP contribution in [-0.2, 0) is 13.3 Å². The average Bonchev–Trinajstić information content (AvgIpc) is 2.10. The Labute approximate surface area is 89.4 Å². The molecule has 0 spiro atoms. The lowest BCUT2D eigenvalue weighted by Gasteiger charge is -2.28. The second-order valence-corrected chi connectivity index (χ2v) is 7.08. The molecule has 1 aliphatic rings. The first-order chi connectivity index (χ1) is 6.33. The van der Waals surface area contributed by atoms with Crippen molar-refractivity contribution in [2.24, 2.45) is 0 Å². The molecule has 0 aromatic rings. The maximum Gasteiger partial charge on any atom is 0.516 e. The first-order valence-corrected chi connectivity index (χ1v) is 8.00. The van der Waals surface area contributed by atoms with Gasteiger partial charge in [0.25, 0.3) is 0 Å². The van der Waals surface area contributed by atoms with Crippen molar-refractivity contribution in [2.45, 2.75) is 6.92 Å². The van der Waals surface area contributed by atoms with Crippen LogP contribution < -0.4 is 0 Å². The van der Waals surface area contributed by atoms with Gasteiger partial charge in [-0.2, -0.15) is 11.8 Å². The Morgan fingerprint density at radius 1 is 1.38 bits per heavy atom. The van der Waals surface area contributed by atoms with E-state index in [4.69, 9.17) is 24.9 Å². The minimum absolute atomic E-state index is 0.353. The van der Waals surface area contributed by atoms with E-state index in [0.717, 1.165) is 11.5 Å². The zero-order chi connectivity index (χ0) is 9.57. The lowest BCUT2D eigenvalue weighted by Crippen LogP contribution is -2.50. The molecular weight excluding hydrogens is 228 g/mol. The van der Waals surface area contributed by atoms with Crippen molar-refractivity contribution in [3.63, 3.8) is 0 Å². The third-order valence-electron chi connectivity index (χ3n) is 1.63. The SMILES string of the molecule is CCO[Si]1(CCl)OCCSCCO1. The maximum atomic E-state index is 5.82. The second-order valence-electron chi connectivity index (χ2n) is 2.56. The van der Waals surface area contributed by atoms with E-state index in [1.165, 1.54) is 0 Å². The number of alkyl halides is 1. The number of hydrogen-bond donors (Lipinski definition) is 0. The second kappa shape index (κ2) is 6.26. The van der Waals surface area contributed by atoms with Crippen molar-refractivity contribution >= 4 is 32.2 Å². The first-order valence-electron chi connectivity index (χ1n) is 4.38. The Hall–Kier alpha value is 0.737. The molecule has 1 rings (SSSR count). The quantitative estimate of drug-likeness (QED) is 0.554. The van der Waals surface area contributed by atoms with Crippen molar-refractivity contribution in [3.8, 4) is 0 Å². The van der Waals surface area contributed by atoms with E-state index in [-0.39, 0.29) is 0 Å². The molecule has 0 bridgehead atoms. The predicted octanol–water partition coefficient (Wildman–Crippen LogP) is 1.52. The highest BCUT2D eigenvalue weighted by molar-refractivity contribution is 7.99. The highest BCUT2D eigenvalue weighted by Gasteiger charge is 2.40. The first kappa shape index (κ1) is 11.8. The summed E-state index contributed by atoms with van der Waals surface area (Å²) in [7, 11) is -2.49. The topological polar surface area (TPSA) is 27.7 Å². The third-order valence-corrected chi connectivity index (χ3v) is 5.86. The molecule has 3 nitrogen and oxygen atoms in total. The number of halogens is 1. The Kier molecular flexibility index (Phi) is 5.69. The van der Waals surface area contributed by atoms with Crippen molar-refractivity contribution in [1.29, 1.82) is 0 Å². The molecule has 0 unspecified atom stereocenters. The number of hydrogen-bond acceptors (Lipinski definition) is 4. The van der Waals surface area contributed by atoms with Gasteiger partial charge in [0.15, 0.2) is 0 Å². The van der Waals surface area contributed by atoms with Crippen LogP contribution in [0, 0.1) is 0 Å². The molecule has 0 aromatic carbocycles. The highest BCUT2D eigenvalue weighted by atomic mass is 35.5. The fourth-order valence-corrected chi connectivity index (χ4v) is 4.42. The van der Waals surface area contributed by atoms with Gasteiger partial charge in [0.05, 0.1) is 5.50 Å². The highest BCUT2D eigenvalue weighted by Crippen LogP contribution is 2.16. The van der Waals surface area contributed by atoms with E-state index >= 15 is 0 Å². The van der Waals surface area contributed by atoms with Crippen molar-refractivity contribution < 1.29 is 13.3 Å². The molecule has 0 saturated carbocycles. The van der Waals surface area contributed by atoms with Crippen LogP contribution in [0.3, 0.4) is 0 Å². The van der Waals surface area contributed by atoms with Gasteiger partial charge in [-0.05, 0) is 6.92 Å². The smallest absolute Gasteiger partial charge is 0.373 e. The summed E-state index contributed by atoms with van der Waals surface area (Å²) in [5, 5.41) is 0. The zero-order valence-corrected chi connectivity index (χ0v) is 10.3. The summed E-state index contributed by atoms with van der Waals surface area (Å²) in [5.41, 5.74) is 0.353. The molecule has 0 aromatic heterocycles. The summed E-state index contributed by atoms with van der Waals surface area (Å²) in [4.78, 5) is 0. The van der Waals surface area contributed by atoms with Gasteiger partial charge in [-0.3, -0.25) is 0 Å². The molecule has 1 heterocycles. The van der Waals surface area contributed by atoms with Crippen molar-refractivity contribution in [2.75, 3.05) is 36.8 Å². The van der Waals surface area contributed by atoms with Gasteiger partial charge < -0.3 is 13.3 Å². The van der Waals surface area contributed by atoms with Gasteiger partial charge in [0, 0.05) is 31.3 Å². The largest absolute Gasteiger partial charge is 0.516 e. The number of rotatable bonds is 3. The Morgan fingerprint density at radius 3 is 2.46 bits per heavy atom. The average molecular weight is 243 g/mol. The van der Waals surface area contributed by atoms with Crippen LogP contribution >= 0.6 is 23.4 Å². The molecule has 0 N–H and O–H groups in total. The van der Waals surface area contributed by atoms with E-state index < -0.39 is 8.80 Å². The van der Waals surface area contributed by atoms with Crippen LogP contribution in [-0.4, -0.2) is 45.6 Å². The zero-order valence-electron chi connectivity index (χ0n) is 7.75. The molecule has 6 heteroatoms. The van der Waals surface area contributed by atoms with Crippen LogP contribution in [0.1, 0.15) is 6.92 Å².